The number of rotatable bonds is 4. The number of para-hydroxylation sites is 1. The molecule has 0 spiro atoms. The first-order valence-electron chi connectivity index (χ1n) is 5.40. The minimum atomic E-state index is 0.802. The summed E-state index contributed by atoms with van der Waals surface area (Å²) in [7, 11) is 1.70. The van der Waals surface area contributed by atoms with E-state index in [2.05, 4.69) is 18.2 Å². The molecule has 0 heterocycles. The monoisotopic (exact) mass is 245 g/mol. The van der Waals surface area contributed by atoms with E-state index in [1.807, 2.05) is 30.3 Å². The standard InChI is InChI=1S/C14H15NOS/c1-16-13-4-2-3-5-14(13)17-10-11-6-8-12(15)9-7-11/h2-9H,10,15H2,1H3. The maximum atomic E-state index is 5.65. The van der Waals surface area contributed by atoms with Crippen LogP contribution in [0.2, 0.25) is 0 Å². The maximum Gasteiger partial charge on any atom is 0.132 e. The summed E-state index contributed by atoms with van der Waals surface area (Å²) in [5, 5.41) is 0. The molecule has 0 fully saturated rings. The minimum Gasteiger partial charge on any atom is -0.496 e. The number of anilines is 1. The van der Waals surface area contributed by atoms with Crippen molar-refractivity contribution in [3.63, 3.8) is 0 Å². The van der Waals surface area contributed by atoms with Gasteiger partial charge in [-0.1, -0.05) is 24.3 Å². The van der Waals surface area contributed by atoms with Crippen LogP contribution in [0.5, 0.6) is 5.75 Å². The Labute approximate surface area is 106 Å². The Balaban J connectivity index is 2.04. The molecular weight excluding hydrogens is 230 g/mol. The first kappa shape index (κ1) is 11.9. The average molecular weight is 245 g/mol. The molecular formula is C14H15NOS. The summed E-state index contributed by atoms with van der Waals surface area (Å²) in [6.45, 7) is 0. The van der Waals surface area contributed by atoms with Gasteiger partial charge in [-0.3, -0.25) is 0 Å². The quantitative estimate of drug-likeness (QED) is 0.660. The molecule has 0 radical (unpaired) electrons. The van der Waals surface area contributed by atoms with E-state index in [0.717, 1.165) is 22.1 Å². The second-order valence-electron chi connectivity index (χ2n) is 3.68. The molecule has 2 aromatic carbocycles. The predicted molar refractivity (Wildman–Crippen MR) is 73.4 cm³/mol. The summed E-state index contributed by atoms with van der Waals surface area (Å²) in [4.78, 5) is 1.16. The highest BCUT2D eigenvalue weighted by Crippen LogP contribution is 2.31. The SMILES string of the molecule is COc1ccccc1SCc1ccc(N)cc1. The summed E-state index contributed by atoms with van der Waals surface area (Å²) in [5.41, 5.74) is 7.71. The number of hydrogen-bond donors (Lipinski definition) is 1. The fourth-order valence-electron chi connectivity index (χ4n) is 1.51. The molecule has 0 aromatic heterocycles. The second-order valence-corrected chi connectivity index (χ2v) is 4.70. The van der Waals surface area contributed by atoms with Gasteiger partial charge in [0.15, 0.2) is 0 Å². The second kappa shape index (κ2) is 5.64. The highest BCUT2D eigenvalue weighted by atomic mass is 32.2. The fraction of sp³-hybridized carbons (Fsp3) is 0.143. The Morgan fingerprint density at radius 1 is 1.06 bits per heavy atom. The molecule has 2 aromatic rings. The molecule has 2 N–H and O–H groups in total. The zero-order chi connectivity index (χ0) is 12.1. The molecule has 0 amide bonds. The third-order valence-corrected chi connectivity index (χ3v) is 3.57. The van der Waals surface area contributed by atoms with Crippen molar-refractivity contribution in [1.29, 1.82) is 0 Å². The van der Waals surface area contributed by atoms with Crippen molar-refractivity contribution in [3.8, 4) is 5.75 Å². The van der Waals surface area contributed by atoms with Gasteiger partial charge >= 0.3 is 0 Å². The average Bonchev–Trinajstić information content (AvgIpc) is 2.38. The Hall–Kier alpha value is -1.61. The normalized spacial score (nSPS) is 10.2. The van der Waals surface area contributed by atoms with Gasteiger partial charge in [0.2, 0.25) is 0 Å². The molecule has 2 rings (SSSR count). The van der Waals surface area contributed by atoms with E-state index in [1.165, 1.54) is 5.56 Å². The van der Waals surface area contributed by atoms with Gasteiger partial charge in [-0.15, -0.1) is 11.8 Å². The molecule has 3 heteroatoms. The van der Waals surface area contributed by atoms with Crippen molar-refractivity contribution in [3.05, 3.63) is 54.1 Å². The molecule has 2 nitrogen and oxygen atoms in total. The van der Waals surface area contributed by atoms with Crippen LogP contribution in [-0.2, 0) is 5.75 Å². The number of nitrogen functional groups attached to an aromatic ring is 1. The van der Waals surface area contributed by atoms with E-state index in [1.54, 1.807) is 18.9 Å². The van der Waals surface area contributed by atoms with Crippen molar-refractivity contribution in [1.82, 2.24) is 0 Å². The fourth-order valence-corrected chi connectivity index (χ4v) is 2.50. The van der Waals surface area contributed by atoms with Crippen molar-refractivity contribution in [2.45, 2.75) is 10.6 Å². The molecule has 88 valence electrons. The first-order chi connectivity index (χ1) is 8.29. The molecule has 0 aliphatic rings. The number of methoxy groups -OCH3 is 1. The third-order valence-electron chi connectivity index (χ3n) is 2.44. The summed E-state index contributed by atoms with van der Waals surface area (Å²) < 4.78 is 5.31. The van der Waals surface area contributed by atoms with Gasteiger partial charge in [-0.05, 0) is 29.8 Å². The van der Waals surface area contributed by atoms with Crippen LogP contribution in [0.25, 0.3) is 0 Å². The third kappa shape index (κ3) is 3.17. The maximum absolute atomic E-state index is 5.65. The van der Waals surface area contributed by atoms with Crippen LogP contribution in [0.1, 0.15) is 5.56 Å². The Morgan fingerprint density at radius 3 is 2.47 bits per heavy atom. The largest absolute Gasteiger partial charge is 0.496 e. The van der Waals surface area contributed by atoms with E-state index < -0.39 is 0 Å². The Bertz CT molecular complexity index is 482. The molecule has 0 saturated heterocycles. The van der Waals surface area contributed by atoms with Crippen LogP contribution in [0.3, 0.4) is 0 Å². The number of hydrogen-bond acceptors (Lipinski definition) is 3. The number of nitrogens with two attached hydrogens (primary N) is 1. The van der Waals surface area contributed by atoms with Gasteiger partial charge in [0.05, 0.1) is 7.11 Å². The van der Waals surface area contributed by atoms with E-state index in [9.17, 15) is 0 Å². The smallest absolute Gasteiger partial charge is 0.132 e. The van der Waals surface area contributed by atoms with E-state index in [-0.39, 0.29) is 0 Å². The van der Waals surface area contributed by atoms with Gasteiger partial charge < -0.3 is 10.5 Å². The van der Waals surface area contributed by atoms with Crippen LogP contribution in [0, 0.1) is 0 Å². The molecule has 0 atom stereocenters. The highest BCUT2D eigenvalue weighted by Gasteiger charge is 2.02. The highest BCUT2D eigenvalue weighted by molar-refractivity contribution is 7.98. The molecule has 0 bridgehead atoms. The van der Waals surface area contributed by atoms with Gasteiger partial charge in [0.25, 0.3) is 0 Å². The van der Waals surface area contributed by atoms with Crippen LogP contribution in [0.4, 0.5) is 5.69 Å². The number of ether oxygens (including phenoxy) is 1. The Kier molecular flexibility index (Phi) is 3.94. The van der Waals surface area contributed by atoms with Gasteiger partial charge in [-0.2, -0.15) is 0 Å². The lowest BCUT2D eigenvalue weighted by Crippen LogP contribution is -1.87. The Morgan fingerprint density at radius 2 is 1.76 bits per heavy atom. The summed E-state index contributed by atoms with van der Waals surface area (Å²) in [6, 6.07) is 16.0. The van der Waals surface area contributed by atoms with Crippen LogP contribution in [0.15, 0.2) is 53.4 Å². The lowest BCUT2D eigenvalue weighted by atomic mass is 10.2. The summed E-state index contributed by atoms with van der Waals surface area (Å²) in [5.74, 6) is 1.84. The lowest BCUT2D eigenvalue weighted by Gasteiger charge is -2.07. The van der Waals surface area contributed by atoms with E-state index >= 15 is 0 Å². The van der Waals surface area contributed by atoms with Crippen LogP contribution in [-0.4, -0.2) is 7.11 Å². The number of benzene rings is 2. The van der Waals surface area contributed by atoms with E-state index in [0.29, 0.717) is 0 Å². The number of thioether (sulfide) groups is 1. The molecule has 17 heavy (non-hydrogen) atoms. The van der Waals surface area contributed by atoms with Gasteiger partial charge in [0.1, 0.15) is 5.75 Å². The van der Waals surface area contributed by atoms with Crippen LogP contribution < -0.4 is 10.5 Å². The molecule has 0 unspecified atom stereocenters. The van der Waals surface area contributed by atoms with Gasteiger partial charge in [-0.25, -0.2) is 0 Å². The van der Waals surface area contributed by atoms with Crippen molar-refractivity contribution < 1.29 is 4.74 Å². The van der Waals surface area contributed by atoms with E-state index in [4.69, 9.17) is 10.5 Å². The molecule has 0 aliphatic heterocycles. The topological polar surface area (TPSA) is 35.2 Å². The molecule has 0 saturated carbocycles. The van der Waals surface area contributed by atoms with Crippen molar-refractivity contribution in [2.24, 2.45) is 0 Å². The summed E-state index contributed by atoms with van der Waals surface area (Å²) >= 11 is 1.76. The zero-order valence-electron chi connectivity index (χ0n) is 9.72. The molecule has 0 aliphatic carbocycles. The van der Waals surface area contributed by atoms with Gasteiger partial charge in [0, 0.05) is 16.3 Å². The minimum absolute atomic E-state index is 0.802. The van der Waals surface area contributed by atoms with Crippen molar-refractivity contribution >= 4 is 17.4 Å². The summed E-state index contributed by atoms with van der Waals surface area (Å²) in [6.07, 6.45) is 0. The zero-order valence-corrected chi connectivity index (χ0v) is 10.5. The first-order valence-corrected chi connectivity index (χ1v) is 6.38. The predicted octanol–water partition coefficient (Wildman–Crippen LogP) is 3.57. The van der Waals surface area contributed by atoms with Crippen LogP contribution >= 0.6 is 11.8 Å². The van der Waals surface area contributed by atoms with Crippen molar-refractivity contribution in [2.75, 3.05) is 12.8 Å². The lowest BCUT2D eigenvalue weighted by molar-refractivity contribution is 0.405.